The molecule has 1 aromatic heterocycles. The van der Waals surface area contributed by atoms with E-state index in [-0.39, 0.29) is 6.04 Å². The average Bonchev–Trinajstić information content (AvgIpc) is 2.67. The van der Waals surface area contributed by atoms with Crippen molar-refractivity contribution in [3.8, 4) is 0 Å². The van der Waals surface area contributed by atoms with Crippen molar-refractivity contribution < 1.29 is 0 Å². The summed E-state index contributed by atoms with van der Waals surface area (Å²) in [5.41, 5.74) is 3.50. The highest BCUT2D eigenvalue weighted by Gasteiger charge is 2.22. The van der Waals surface area contributed by atoms with Gasteiger partial charge in [0.05, 0.1) is 11.7 Å². The Morgan fingerprint density at radius 2 is 2.11 bits per heavy atom. The van der Waals surface area contributed by atoms with Crippen LogP contribution in [0.1, 0.15) is 29.8 Å². The average molecular weight is 388 g/mol. The van der Waals surface area contributed by atoms with E-state index in [0.717, 1.165) is 21.3 Å². The van der Waals surface area contributed by atoms with Gasteiger partial charge in [0.15, 0.2) is 4.60 Å². The molecule has 1 atom stereocenters. The lowest BCUT2D eigenvalue weighted by Crippen LogP contribution is -2.25. The second kappa shape index (κ2) is 6.15. The zero-order chi connectivity index (χ0) is 14.0. The third-order valence-corrected chi connectivity index (χ3v) is 4.11. The van der Waals surface area contributed by atoms with Crippen molar-refractivity contribution in [1.29, 1.82) is 0 Å². The predicted octanol–water partition coefficient (Wildman–Crippen LogP) is 3.35. The van der Waals surface area contributed by atoms with Gasteiger partial charge in [-0.1, -0.05) is 34.1 Å². The summed E-state index contributed by atoms with van der Waals surface area (Å²) in [7, 11) is 1.91. The number of nitrogens with zero attached hydrogens (tertiary/aromatic N) is 3. The molecule has 6 heteroatoms. The molecule has 0 bridgehead atoms. The van der Waals surface area contributed by atoms with Crippen molar-refractivity contribution in [2.45, 2.75) is 19.9 Å². The van der Waals surface area contributed by atoms with Gasteiger partial charge in [-0.05, 0) is 52.7 Å². The van der Waals surface area contributed by atoms with E-state index in [9.17, 15) is 0 Å². The highest BCUT2D eigenvalue weighted by atomic mass is 79.9. The largest absolute Gasteiger partial charge is 0.305 e. The van der Waals surface area contributed by atoms with Crippen LogP contribution in [-0.2, 0) is 7.05 Å². The molecule has 19 heavy (non-hydrogen) atoms. The van der Waals surface area contributed by atoms with Gasteiger partial charge in [-0.15, -0.1) is 5.10 Å². The Hall–Kier alpha value is -0.720. The third-order valence-electron chi connectivity index (χ3n) is 3.05. The predicted molar refractivity (Wildman–Crippen MR) is 83.1 cm³/mol. The molecule has 0 saturated heterocycles. The lowest BCUT2D eigenvalue weighted by Gasteiger charge is -2.20. The molecule has 2 rings (SSSR count). The zero-order valence-electron chi connectivity index (χ0n) is 11.1. The van der Waals surface area contributed by atoms with E-state index in [1.54, 1.807) is 4.68 Å². The molecule has 0 spiro atoms. The van der Waals surface area contributed by atoms with Crippen molar-refractivity contribution in [3.63, 3.8) is 0 Å². The molecule has 2 aromatic rings. The van der Waals surface area contributed by atoms with E-state index in [1.807, 2.05) is 7.05 Å². The van der Waals surface area contributed by atoms with Gasteiger partial charge in [-0.3, -0.25) is 0 Å². The van der Waals surface area contributed by atoms with E-state index < -0.39 is 0 Å². The Kier molecular flexibility index (Phi) is 4.76. The van der Waals surface area contributed by atoms with Crippen LogP contribution in [0.3, 0.4) is 0 Å². The second-order valence-electron chi connectivity index (χ2n) is 4.38. The van der Waals surface area contributed by atoms with Crippen LogP contribution in [0.25, 0.3) is 0 Å². The van der Waals surface area contributed by atoms with Crippen molar-refractivity contribution in [2.24, 2.45) is 7.05 Å². The van der Waals surface area contributed by atoms with Crippen molar-refractivity contribution in [2.75, 3.05) is 6.54 Å². The molecule has 1 unspecified atom stereocenters. The molecule has 0 aliphatic carbocycles. The quantitative estimate of drug-likeness (QED) is 0.874. The normalized spacial score (nSPS) is 12.7. The maximum Gasteiger partial charge on any atom is 0.153 e. The Bertz CT molecular complexity index is 561. The Morgan fingerprint density at radius 1 is 1.37 bits per heavy atom. The molecule has 0 saturated carbocycles. The number of rotatable bonds is 4. The van der Waals surface area contributed by atoms with E-state index in [1.165, 1.54) is 11.1 Å². The topological polar surface area (TPSA) is 42.7 Å². The molecule has 0 fully saturated rings. The Morgan fingerprint density at radius 3 is 2.63 bits per heavy atom. The third kappa shape index (κ3) is 3.07. The molecular weight excluding hydrogens is 372 g/mol. The number of aromatic nitrogens is 3. The van der Waals surface area contributed by atoms with Gasteiger partial charge in [-0.2, -0.15) is 0 Å². The SMILES string of the molecule is CCNC(c1ccc(Br)cc1C)c1c(Br)nnn1C. The molecule has 0 aliphatic rings. The Labute approximate surface area is 129 Å². The fourth-order valence-corrected chi connectivity index (χ4v) is 3.20. The van der Waals surface area contributed by atoms with Gasteiger partial charge in [0.2, 0.25) is 0 Å². The minimum absolute atomic E-state index is 0.0764. The van der Waals surface area contributed by atoms with Crippen molar-refractivity contribution >= 4 is 31.9 Å². The molecule has 1 heterocycles. The van der Waals surface area contributed by atoms with Crippen LogP contribution in [0.5, 0.6) is 0 Å². The van der Waals surface area contributed by atoms with Gasteiger partial charge >= 0.3 is 0 Å². The summed E-state index contributed by atoms with van der Waals surface area (Å²) < 4.78 is 3.67. The molecule has 0 amide bonds. The summed E-state index contributed by atoms with van der Waals surface area (Å²) in [6.45, 7) is 5.08. The van der Waals surface area contributed by atoms with Crippen molar-refractivity contribution in [1.82, 2.24) is 20.3 Å². The molecule has 4 nitrogen and oxygen atoms in total. The van der Waals surface area contributed by atoms with Crippen LogP contribution in [0.15, 0.2) is 27.3 Å². The van der Waals surface area contributed by atoms with Gasteiger partial charge in [0.1, 0.15) is 0 Å². The summed E-state index contributed by atoms with van der Waals surface area (Å²) in [4.78, 5) is 0. The molecule has 0 aliphatic heterocycles. The highest BCUT2D eigenvalue weighted by Crippen LogP contribution is 2.30. The van der Waals surface area contributed by atoms with Gasteiger partial charge in [-0.25, -0.2) is 4.68 Å². The summed E-state index contributed by atoms with van der Waals surface area (Å²) in [6.07, 6.45) is 0. The maximum atomic E-state index is 4.07. The van der Waals surface area contributed by atoms with Crippen LogP contribution in [0.2, 0.25) is 0 Å². The van der Waals surface area contributed by atoms with E-state index in [0.29, 0.717) is 0 Å². The number of benzene rings is 1. The number of nitrogens with one attached hydrogen (secondary N) is 1. The van der Waals surface area contributed by atoms with Gasteiger partial charge in [0, 0.05) is 11.5 Å². The summed E-state index contributed by atoms with van der Waals surface area (Å²) in [6, 6.07) is 6.39. The lowest BCUT2D eigenvalue weighted by atomic mass is 9.99. The first-order chi connectivity index (χ1) is 9.04. The van der Waals surface area contributed by atoms with Crippen LogP contribution in [-0.4, -0.2) is 21.5 Å². The molecule has 0 radical (unpaired) electrons. The van der Waals surface area contributed by atoms with E-state index in [2.05, 4.69) is 79.5 Å². The van der Waals surface area contributed by atoms with Crippen LogP contribution in [0, 0.1) is 6.92 Å². The number of aryl methyl sites for hydroxylation is 2. The maximum absolute atomic E-state index is 4.07. The minimum Gasteiger partial charge on any atom is -0.305 e. The number of hydrogen-bond acceptors (Lipinski definition) is 3. The fraction of sp³-hybridized carbons (Fsp3) is 0.385. The van der Waals surface area contributed by atoms with Crippen LogP contribution < -0.4 is 5.32 Å². The standard InChI is InChI=1S/C13H16Br2N4/c1-4-16-11(12-13(15)17-18-19(12)3)10-6-5-9(14)7-8(10)2/h5-7,11,16H,4H2,1-3H3. The summed E-state index contributed by atoms with van der Waals surface area (Å²) >= 11 is 6.98. The first-order valence-electron chi connectivity index (χ1n) is 6.09. The van der Waals surface area contributed by atoms with Crippen molar-refractivity contribution in [3.05, 3.63) is 44.1 Å². The summed E-state index contributed by atoms with van der Waals surface area (Å²) in [5, 5.41) is 11.6. The second-order valence-corrected chi connectivity index (χ2v) is 6.05. The molecule has 1 N–H and O–H groups in total. The Balaban J connectivity index is 2.51. The van der Waals surface area contributed by atoms with E-state index in [4.69, 9.17) is 0 Å². The highest BCUT2D eigenvalue weighted by molar-refractivity contribution is 9.10. The van der Waals surface area contributed by atoms with Gasteiger partial charge in [0.25, 0.3) is 0 Å². The monoisotopic (exact) mass is 386 g/mol. The van der Waals surface area contributed by atoms with Crippen LogP contribution in [0.4, 0.5) is 0 Å². The molecule has 1 aromatic carbocycles. The summed E-state index contributed by atoms with van der Waals surface area (Å²) in [5.74, 6) is 0. The molecular formula is C13H16Br2N4. The smallest absolute Gasteiger partial charge is 0.153 e. The molecule has 102 valence electrons. The van der Waals surface area contributed by atoms with Gasteiger partial charge < -0.3 is 5.32 Å². The zero-order valence-corrected chi connectivity index (χ0v) is 14.3. The van der Waals surface area contributed by atoms with E-state index >= 15 is 0 Å². The first-order valence-corrected chi connectivity index (χ1v) is 7.67. The van der Waals surface area contributed by atoms with Crippen LogP contribution >= 0.6 is 31.9 Å². The number of halogens is 2. The number of hydrogen-bond donors (Lipinski definition) is 1. The fourth-order valence-electron chi connectivity index (χ4n) is 2.17. The first kappa shape index (κ1) is 14.7. The minimum atomic E-state index is 0.0764. The lowest BCUT2D eigenvalue weighted by molar-refractivity contribution is 0.565.